The van der Waals surface area contributed by atoms with Gasteiger partial charge in [0.25, 0.3) is 0 Å². The minimum Gasteiger partial charge on any atom is -0.387 e. The zero-order valence-electron chi connectivity index (χ0n) is 22.9. The van der Waals surface area contributed by atoms with Gasteiger partial charge < -0.3 is 53.6 Å². The van der Waals surface area contributed by atoms with E-state index in [-0.39, 0.29) is 19.8 Å². The number of hydrogen-bond donors (Lipinski definition) is 4. The van der Waals surface area contributed by atoms with Crippen molar-refractivity contribution in [1.29, 1.82) is 0 Å². The Morgan fingerprint density at radius 3 is 1.86 bits per heavy atom. The minimum atomic E-state index is -1.42. The minimum absolute atomic E-state index is 0.114. The second kappa shape index (κ2) is 12.3. The van der Waals surface area contributed by atoms with Crippen LogP contribution in [-0.4, -0.2) is 104 Å². The summed E-state index contributed by atoms with van der Waals surface area (Å²) in [6.45, 7) is 0.0566. The van der Waals surface area contributed by atoms with Crippen molar-refractivity contribution >= 4 is 0 Å². The van der Waals surface area contributed by atoms with Gasteiger partial charge in [-0.3, -0.25) is 0 Å². The fraction of sp³-hybridized carbons (Fsp3) is 0.517. The Bertz CT molecular complexity index is 1350. The van der Waals surface area contributed by atoms with Crippen LogP contribution >= 0.6 is 0 Å². The van der Waals surface area contributed by atoms with Gasteiger partial charge in [-0.2, -0.15) is 0 Å². The number of hydrogen-bond acceptors (Lipinski definition) is 13. The molecule has 1 aromatic heterocycles. The fourth-order valence-corrected chi connectivity index (χ4v) is 5.82. The Kier molecular flexibility index (Phi) is 8.24. The van der Waals surface area contributed by atoms with Crippen LogP contribution in [0.3, 0.4) is 0 Å². The van der Waals surface area contributed by atoms with Gasteiger partial charge in [0.15, 0.2) is 25.1 Å². The molecule has 2 unspecified atom stereocenters. The maximum atomic E-state index is 11.0. The van der Waals surface area contributed by atoms with Crippen molar-refractivity contribution in [3.63, 3.8) is 0 Å². The summed E-state index contributed by atoms with van der Waals surface area (Å²) in [6.07, 6.45) is -10.8. The molecule has 230 valence electrons. The normalized spacial score (nSPS) is 39.5. The van der Waals surface area contributed by atoms with Crippen LogP contribution in [0.2, 0.25) is 0 Å². The summed E-state index contributed by atoms with van der Waals surface area (Å²) in [7, 11) is 0. The molecule has 0 radical (unpaired) electrons. The molecule has 4 aliphatic rings. The summed E-state index contributed by atoms with van der Waals surface area (Å²) in [5.41, 5.74) is 1.93. The van der Waals surface area contributed by atoms with Gasteiger partial charge in [-0.1, -0.05) is 65.9 Å². The van der Waals surface area contributed by atoms with E-state index in [1.165, 1.54) is 10.9 Å². The summed E-state index contributed by atoms with van der Waals surface area (Å²) in [5.74, 6) is 0. The molecule has 14 heteroatoms. The third-order valence-electron chi connectivity index (χ3n) is 8.11. The van der Waals surface area contributed by atoms with Gasteiger partial charge in [-0.15, -0.1) is 5.10 Å². The standard InChI is InChI=1S/C29H33N3O11/c33-20-22(35)26(40-18-13-38-27(42-24(18)20)15-7-3-1-4-8-15)32-17(11-30-31-32)12-37-29-23(36)21(34)25-19(41-29)14-39-28(43-25)16-9-5-2-6-10-16/h1-11,18-29,33-36H,12-14H2/t18-,19-,20-,21-,22-,23-,24+,25+,26-,27?,28?,29+/m1/s1. The van der Waals surface area contributed by atoms with E-state index in [4.69, 9.17) is 33.2 Å². The molecule has 2 aromatic carbocycles. The van der Waals surface area contributed by atoms with E-state index < -0.39 is 73.9 Å². The Morgan fingerprint density at radius 2 is 1.26 bits per heavy atom. The van der Waals surface area contributed by atoms with Gasteiger partial charge in [0, 0.05) is 11.1 Å². The molecule has 3 aromatic rings. The number of aromatic nitrogens is 3. The maximum absolute atomic E-state index is 11.0. The second-order valence-electron chi connectivity index (χ2n) is 10.9. The third kappa shape index (κ3) is 5.61. The molecule has 14 nitrogen and oxygen atoms in total. The monoisotopic (exact) mass is 599 g/mol. The SMILES string of the molecule is O[C@@H]1[C@@H](O)[C@H](n2nncc2CO[C@H]2O[C@@H]3COC(c4ccccc4)O[C@@H]3[C@H](O)[C@H]2O)O[C@@H]2COC(c3ccccc3)O[C@H]12. The Balaban J connectivity index is 0.985. The van der Waals surface area contributed by atoms with Crippen molar-refractivity contribution in [1.82, 2.24) is 15.0 Å². The van der Waals surface area contributed by atoms with Gasteiger partial charge in [0.2, 0.25) is 0 Å². The number of fused-ring (bicyclic) bond motifs is 2. The first-order valence-electron chi connectivity index (χ1n) is 14.2. The van der Waals surface area contributed by atoms with E-state index in [9.17, 15) is 20.4 Å². The van der Waals surface area contributed by atoms with Crippen LogP contribution in [0.5, 0.6) is 0 Å². The van der Waals surface area contributed by atoms with E-state index in [0.29, 0.717) is 5.69 Å². The van der Waals surface area contributed by atoms with Crippen molar-refractivity contribution in [3.8, 4) is 0 Å². The summed E-state index contributed by atoms with van der Waals surface area (Å²) in [4.78, 5) is 0. The first-order chi connectivity index (χ1) is 21.0. The summed E-state index contributed by atoms with van der Waals surface area (Å²) < 4.78 is 42.7. The summed E-state index contributed by atoms with van der Waals surface area (Å²) >= 11 is 0. The number of rotatable bonds is 6. The number of ether oxygens (including phenoxy) is 7. The van der Waals surface area contributed by atoms with E-state index >= 15 is 0 Å². The zero-order chi connectivity index (χ0) is 29.5. The quantitative estimate of drug-likeness (QED) is 0.300. The van der Waals surface area contributed by atoms with Crippen molar-refractivity contribution in [3.05, 3.63) is 83.7 Å². The van der Waals surface area contributed by atoms with Gasteiger partial charge in [0.1, 0.15) is 48.8 Å². The van der Waals surface area contributed by atoms with Crippen molar-refractivity contribution in [2.24, 2.45) is 0 Å². The van der Waals surface area contributed by atoms with Crippen molar-refractivity contribution in [2.75, 3.05) is 13.2 Å². The fourth-order valence-electron chi connectivity index (χ4n) is 5.82. The molecule has 12 atom stereocenters. The lowest BCUT2D eigenvalue weighted by atomic mass is 9.97. The van der Waals surface area contributed by atoms with Crippen LogP contribution in [0, 0.1) is 0 Å². The molecular weight excluding hydrogens is 566 g/mol. The van der Waals surface area contributed by atoms with Gasteiger partial charge >= 0.3 is 0 Å². The lowest BCUT2D eigenvalue weighted by Crippen LogP contribution is -2.62. The molecule has 7 rings (SSSR count). The highest BCUT2D eigenvalue weighted by molar-refractivity contribution is 5.17. The largest absolute Gasteiger partial charge is 0.387 e. The number of aliphatic hydroxyl groups is 4. The predicted octanol–water partition coefficient (Wildman–Crippen LogP) is 0.0890. The zero-order valence-corrected chi connectivity index (χ0v) is 22.9. The average Bonchev–Trinajstić information content (AvgIpc) is 3.52. The van der Waals surface area contributed by atoms with Crippen molar-refractivity contribution in [2.45, 2.75) is 80.5 Å². The Labute approximate surface area is 246 Å². The molecule has 0 bridgehead atoms. The van der Waals surface area contributed by atoms with Crippen LogP contribution in [0.1, 0.15) is 35.6 Å². The molecule has 4 fully saturated rings. The highest BCUT2D eigenvalue weighted by Gasteiger charge is 2.51. The summed E-state index contributed by atoms with van der Waals surface area (Å²) in [6, 6.07) is 18.6. The van der Waals surface area contributed by atoms with Crippen molar-refractivity contribution < 1.29 is 53.6 Å². The highest BCUT2D eigenvalue weighted by atomic mass is 16.8. The predicted molar refractivity (Wildman–Crippen MR) is 141 cm³/mol. The first-order valence-corrected chi connectivity index (χ1v) is 14.2. The molecular formula is C29H33N3O11. The van der Waals surface area contributed by atoms with E-state index in [0.717, 1.165) is 11.1 Å². The van der Waals surface area contributed by atoms with E-state index in [1.807, 2.05) is 60.7 Å². The second-order valence-corrected chi connectivity index (χ2v) is 10.9. The van der Waals surface area contributed by atoms with Crippen LogP contribution in [-0.2, 0) is 39.8 Å². The molecule has 0 amide bonds. The molecule has 4 saturated heterocycles. The highest BCUT2D eigenvalue weighted by Crippen LogP contribution is 2.38. The number of nitrogens with zero attached hydrogens (tertiary/aromatic N) is 3. The molecule has 0 saturated carbocycles. The molecule has 43 heavy (non-hydrogen) atoms. The Hall–Kier alpha value is -2.86. The van der Waals surface area contributed by atoms with Gasteiger partial charge in [-0.05, 0) is 0 Å². The molecule has 4 N–H and O–H groups in total. The average molecular weight is 600 g/mol. The smallest absolute Gasteiger partial charge is 0.187 e. The first kappa shape index (κ1) is 28.9. The Morgan fingerprint density at radius 1 is 0.698 bits per heavy atom. The van der Waals surface area contributed by atoms with E-state index in [2.05, 4.69) is 10.3 Å². The van der Waals surface area contributed by atoms with Crippen LogP contribution in [0.15, 0.2) is 66.9 Å². The molecule has 0 spiro atoms. The third-order valence-corrected chi connectivity index (χ3v) is 8.11. The molecule has 5 heterocycles. The number of benzene rings is 2. The van der Waals surface area contributed by atoms with Gasteiger partial charge in [-0.25, -0.2) is 4.68 Å². The molecule has 4 aliphatic heterocycles. The lowest BCUT2D eigenvalue weighted by Gasteiger charge is -2.46. The van der Waals surface area contributed by atoms with Crippen LogP contribution < -0.4 is 0 Å². The van der Waals surface area contributed by atoms with Gasteiger partial charge in [0.05, 0.1) is 31.7 Å². The van der Waals surface area contributed by atoms with Crippen LogP contribution in [0.25, 0.3) is 0 Å². The van der Waals surface area contributed by atoms with E-state index in [1.54, 1.807) is 0 Å². The maximum Gasteiger partial charge on any atom is 0.187 e. The number of aliphatic hydroxyl groups excluding tert-OH is 4. The lowest BCUT2D eigenvalue weighted by molar-refractivity contribution is -0.363. The van der Waals surface area contributed by atoms with Crippen LogP contribution in [0.4, 0.5) is 0 Å². The topological polar surface area (TPSA) is 176 Å². The molecule has 0 aliphatic carbocycles. The summed E-state index contributed by atoms with van der Waals surface area (Å²) in [5, 5.41) is 51.6.